The van der Waals surface area contributed by atoms with Gasteiger partial charge >= 0.3 is 0 Å². The minimum Gasteiger partial charge on any atom is -0.484 e. The van der Waals surface area contributed by atoms with Gasteiger partial charge in [0.2, 0.25) is 0 Å². The lowest BCUT2D eigenvalue weighted by molar-refractivity contribution is 0.281. The number of hydrogen-bond donors (Lipinski definition) is 0. The Hall–Kier alpha value is -6.82. The van der Waals surface area contributed by atoms with E-state index in [0.29, 0.717) is 0 Å². The van der Waals surface area contributed by atoms with Crippen LogP contribution in [0.4, 0.5) is 0 Å². The summed E-state index contributed by atoms with van der Waals surface area (Å²) in [5.74, 6) is 1.59. The van der Waals surface area contributed by atoms with Crippen molar-refractivity contribution in [2.75, 3.05) is 0 Å². The molecular formula is C50H30N2O2S. The zero-order valence-corrected chi connectivity index (χ0v) is 30.3. The van der Waals surface area contributed by atoms with Crippen LogP contribution in [0, 0.1) is 0 Å². The maximum absolute atomic E-state index is 6.83. The summed E-state index contributed by atoms with van der Waals surface area (Å²) in [7, 11) is 0. The predicted octanol–water partition coefficient (Wildman–Crippen LogP) is 13.3. The van der Waals surface area contributed by atoms with E-state index in [9.17, 15) is 0 Å². The zero-order valence-electron chi connectivity index (χ0n) is 29.4. The van der Waals surface area contributed by atoms with Gasteiger partial charge < -0.3 is 9.15 Å². The zero-order chi connectivity index (χ0) is 36.0. The van der Waals surface area contributed by atoms with Gasteiger partial charge in [-0.15, -0.1) is 11.3 Å². The molecule has 12 rings (SSSR count). The highest BCUT2D eigenvalue weighted by Gasteiger charge is 2.42. The molecule has 0 saturated carbocycles. The van der Waals surface area contributed by atoms with E-state index in [0.717, 1.165) is 93.8 Å². The fourth-order valence-corrected chi connectivity index (χ4v) is 9.80. The second-order valence-electron chi connectivity index (χ2n) is 14.4. The van der Waals surface area contributed by atoms with Gasteiger partial charge in [-0.25, -0.2) is 9.97 Å². The third kappa shape index (κ3) is 4.76. The molecule has 2 aliphatic rings. The number of allylic oxidation sites excluding steroid dienone is 2. The maximum atomic E-state index is 6.83. The van der Waals surface area contributed by atoms with Gasteiger partial charge in [0.1, 0.15) is 23.0 Å². The standard InChI is InChI=1S/C50H30N2O2S/c1-2-10-32-27-34(22-19-29(32)9-1)35-24-25-39(45-37-12-4-7-15-42(37)54-48(35)45)50-51-46(49-47(52-50)38-13-5-8-16-44(38)55-49)31-20-17-30(18-21-31)33-23-26-43-40(28-33)36-11-3-6-14-41(36)53-43/h1-28,45,48H. The van der Waals surface area contributed by atoms with E-state index in [1.54, 1.807) is 11.3 Å². The normalized spacial score (nSPS) is 16.4. The first-order chi connectivity index (χ1) is 27.2. The predicted molar refractivity (Wildman–Crippen MR) is 227 cm³/mol. The summed E-state index contributed by atoms with van der Waals surface area (Å²) in [6, 6.07) is 55.7. The minimum atomic E-state index is -0.204. The van der Waals surface area contributed by atoms with Crippen LogP contribution in [0.1, 0.15) is 22.9 Å². The molecule has 0 bridgehead atoms. The number of rotatable bonds is 4. The molecule has 3 aromatic heterocycles. The van der Waals surface area contributed by atoms with E-state index in [4.69, 9.17) is 19.1 Å². The van der Waals surface area contributed by atoms with E-state index in [-0.39, 0.29) is 12.0 Å². The SMILES string of the molecule is C1=C(c2ccc3ccccc3c2)C2Oc3ccccc3C2C(c2nc(-c3ccc(-c4ccc5oc6ccccc6c5c4)cc3)c3sc4ccccc4c3n2)=C1. The van der Waals surface area contributed by atoms with Crippen molar-refractivity contribution in [3.63, 3.8) is 0 Å². The van der Waals surface area contributed by atoms with E-state index in [1.165, 1.54) is 15.5 Å². The van der Waals surface area contributed by atoms with Gasteiger partial charge in [-0.2, -0.15) is 0 Å². The third-order valence-electron chi connectivity index (χ3n) is 11.3. The molecule has 5 heteroatoms. The summed E-state index contributed by atoms with van der Waals surface area (Å²) in [6.07, 6.45) is 4.25. The Bertz CT molecular complexity index is 3260. The maximum Gasteiger partial charge on any atom is 0.157 e. The van der Waals surface area contributed by atoms with Crippen LogP contribution >= 0.6 is 11.3 Å². The van der Waals surface area contributed by atoms with Crippen molar-refractivity contribution in [3.05, 3.63) is 187 Å². The second-order valence-corrected chi connectivity index (χ2v) is 15.5. The number of nitrogens with zero attached hydrogens (tertiary/aromatic N) is 2. The molecule has 0 N–H and O–H groups in total. The number of fused-ring (bicyclic) bond motifs is 10. The van der Waals surface area contributed by atoms with E-state index in [1.807, 2.05) is 12.1 Å². The Morgan fingerprint density at radius 2 is 1.22 bits per heavy atom. The highest BCUT2D eigenvalue weighted by atomic mass is 32.1. The highest BCUT2D eigenvalue weighted by Crippen LogP contribution is 2.52. The summed E-state index contributed by atoms with van der Waals surface area (Å²) in [5.41, 5.74) is 11.6. The molecular weight excluding hydrogens is 693 g/mol. The van der Waals surface area contributed by atoms with Crippen LogP contribution in [0.2, 0.25) is 0 Å². The molecule has 0 radical (unpaired) electrons. The molecule has 0 saturated heterocycles. The van der Waals surface area contributed by atoms with Crippen molar-refractivity contribution >= 4 is 75.5 Å². The Kier molecular flexibility index (Phi) is 6.59. The summed E-state index contributed by atoms with van der Waals surface area (Å²) < 4.78 is 15.2. The van der Waals surface area contributed by atoms with E-state index in [2.05, 4.69) is 158 Å². The Morgan fingerprint density at radius 3 is 2.15 bits per heavy atom. The lowest BCUT2D eigenvalue weighted by Gasteiger charge is -2.27. The Morgan fingerprint density at radius 1 is 0.509 bits per heavy atom. The van der Waals surface area contributed by atoms with Crippen LogP contribution in [0.5, 0.6) is 5.75 Å². The largest absolute Gasteiger partial charge is 0.484 e. The van der Waals surface area contributed by atoms with Crippen molar-refractivity contribution in [2.45, 2.75) is 12.0 Å². The lowest BCUT2D eigenvalue weighted by Crippen LogP contribution is -2.25. The molecule has 2 atom stereocenters. The van der Waals surface area contributed by atoms with Crippen molar-refractivity contribution in [2.24, 2.45) is 0 Å². The van der Waals surface area contributed by atoms with E-state index < -0.39 is 0 Å². The van der Waals surface area contributed by atoms with Crippen LogP contribution in [-0.2, 0) is 0 Å². The summed E-state index contributed by atoms with van der Waals surface area (Å²) in [4.78, 5) is 10.9. The van der Waals surface area contributed by atoms with Crippen molar-refractivity contribution in [1.29, 1.82) is 0 Å². The molecule has 4 heterocycles. The molecule has 1 aliphatic heterocycles. The molecule has 1 aliphatic carbocycles. The summed E-state index contributed by atoms with van der Waals surface area (Å²) >= 11 is 1.76. The van der Waals surface area contributed by atoms with Crippen LogP contribution in [-0.4, -0.2) is 16.1 Å². The topological polar surface area (TPSA) is 48.2 Å². The van der Waals surface area contributed by atoms with Crippen molar-refractivity contribution < 1.29 is 9.15 Å². The fourth-order valence-electron chi connectivity index (χ4n) is 8.65. The second kappa shape index (κ2) is 11.8. The molecule has 0 spiro atoms. The molecule has 4 nitrogen and oxygen atoms in total. The minimum absolute atomic E-state index is 0.0610. The van der Waals surface area contributed by atoms with E-state index >= 15 is 0 Å². The average molecular weight is 723 g/mol. The van der Waals surface area contributed by atoms with Crippen LogP contribution in [0.3, 0.4) is 0 Å². The molecule has 258 valence electrons. The first-order valence-corrected chi connectivity index (χ1v) is 19.4. The molecule has 2 unspecified atom stereocenters. The van der Waals surface area contributed by atoms with Gasteiger partial charge in [-0.1, -0.05) is 133 Å². The molecule has 0 amide bonds. The molecule has 55 heavy (non-hydrogen) atoms. The van der Waals surface area contributed by atoms with Crippen LogP contribution in [0.25, 0.3) is 86.5 Å². The first-order valence-electron chi connectivity index (χ1n) is 18.6. The highest BCUT2D eigenvalue weighted by molar-refractivity contribution is 7.26. The average Bonchev–Trinajstić information content (AvgIpc) is 3.94. The molecule has 7 aromatic carbocycles. The number of aromatic nitrogens is 2. The lowest BCUT2D eigenvalue weighted by atomic mass is 9.78. The van der Waals surface area contributed by atoms with Gasteiger partial charge in [0.15, 0.2) is 5.82 Å². The van der Waals surface area contributed by atoms with Gasteiger partial charge in [-0.05, 0) is 63.9 Å². The number of furan rings is 1. The first kappa shape index (κ1) is 30.6. The molecule has 10 aromatic rings. The number of para-hydroxylation sites is 2. The number of benzene rings is 7. The van der Waals surface area contributed by atoms with Crippen molar-refractivity contribution in [1.82, 2.24) is 9.97 Å². The Labute approximate surface area is 320 Å². The van der Waals surface area contributed by atoms with Gasteiger partial charge in [0.05, 0.1) is 21.8 Å². The van der Waals surface area contributed by atoms with Gasteiger partial charge in [0.25, 0.3) is 0 Å². The fraction of sp³-hybridized carbons (Fsp3) is 0.0400. The van der Waals surface area contributed by atoms with Crippen LogP contribution < -0.4 is 4.74 Å². The number of ether oxygens (including phenoxy) is 1. The summed E-state index contributed by atoms with van der Waals surface area (Å²) in [6.45, 7) is 0. The van der Waals surface area contributed by atoms with Crippen molar-refractivity contribution in [3.8, 4) is 28.1 Å². The quantitative estimate of drug-likeness (QED) is 0.181. The number of thiophene rings is 1. The Balaban J connectivity index is 1.02. The monoisotopic (exact) mass is 722 g/mol. The third-order valence-corrected chi connectivity index (χ3v) is 12.5. The van der Waals surface area contributed by atoms with Crippen LogP contribution in [0.15, 0.2) is 174 Å². The summed E-state index contributed by atoms with van der Waals surface area (Å²) in [5, 5.41) is 5.84. The number of hydrogen-bond acceptors (Lipinski definition) is 5. The van der Waals surface area contributed by atoms with Gasteiger partial charge in [0, 0.05) is 43.1 Å². The molecule has 0 fully saturated rings. The van der Waals surface area contributed by atoms with Gasteiger partial charge in [-0.3, -0.25) is 0 Å². The smallest absolute Gasteiger partial charge is 0.157 e.